The van der Waals surface area contributed by atoms with Crippen LogP contribution in [0.3, 0.4) is 0 Å². The molecular weight excluding hydrogens is 279 g/mol. The van der Waals surface area contributed by atoms with Crippen LogP contribution in [0.4, 0.5) is 0 Å². The maximum absolute atomic E-state index is 6.11. The lowest BCUT2D eigenvalue weighted by Crippen LogP contribution is -2.44. The van der Waals surface area contributed by atoms with Crippen LogP contribution in [0, 0.1) is 0 Å². The summed E-state index contributed by atoms with van der Waals surface area (Å²) in [4.78, 5) is 2.41. The molecule has 1 N–H and O–H groups in total. The lowest BCUT2D eigenvalue weighted by atomic mass is 10.0. The fourth-order valence-corrected chi connectivity index (χ4v) is 3.07. The van der Waals surface area contributed by atoms with E-state index >= 15 is 0 Å². The summed E-state index contributed by atoms with van der Waals surface area (Å²) in [5.74, 6) is 0. The average Bonchev–Trinajstić information content (AvgIpc) is 2.93. The van der Waals surface area contributed by atoms with E-state index in [1.807, 2.05) is 12.1 Å². The number of halogens is 2. The molecule has 1 heterocycles. The number of nitrogens with one attached hydrogen (secondary N) is 1. The number of benzene rings is 1. The Labute approximate surface area is 126 Å². The van der Waals surface area contributed by atoms with E-state index in [0.29, 0.717) is 28.2 Å². The molecule has 0 aliphatic carbocycles. The molecule has 0 saturated carbocycles. The minimum atomic E-state index is 0.326. The van der Waals surface area contributed by atoms with Gasteiger partial charge < -0.3 is 5.32 Å². The Kier molecular flexibility index (Phi) is 5.13. The van der Waals surface area contributed by atoms with Crippen LogP contribution in [0.15, 0.2) is 18.2 Å². The molecule has 106 valence electrons. The largest absolute Gasteiger partial charge is 0.312 e. The van der Waals surface area contributed by atoms with E-state index in [2.05, 4.69) is 37.2 Å². The van der Waals surface area contributed by atoms with E-state index in [0.717, 1.165) is 6.54 Å². The van der Waals surface area contributed by atoms with Gasteiger partial charge in [0, 0.05) is 18.1 Å². The fraction of sp³-hybridized carbons (Fsp3) is 0.600. The summed E-state index contributed by atoms with van der Waals surface area (Å²) in [6.45, 7) is 5.64. The standard InChI is InChI=1S/C15H22Cl2N2/c1-10(12-6-7-13(16)14(17)9-12)19(3)11(2)15-5-4-8-18-15/h6-7,9-11,15,18H,4-5,8H2,1-3H3. The smallest absolute Gasteiger partial charge is 0.0595 e. The van der Waals surface area contributed by atoms with Crippen LogP contribution in [-0.4, -0.2) is 30.6 Å². The summed E-state index contributed by atoms with van der Waals surface area (Å²) >= 11 is 12.1. The molecule has 1 aromatic carbocycles. The third kappa shape index (κ3) is 3.43. The summed E-state index contributed by atoms with van der Waals surface area (Å²) in [7, 11) is 2.18. The number of nitrogens with zero attached hydrogens (tertiary/aromatic N) is 1. The van der Waals surface area contributed by atoms with Crippen LogP contribution in [0.2, 0.25) is 10.0 Å². The molecule has 0 radical (unpaired) electrons. The molecule has 4 heteroatoms. The van der Waals surface area contributed by atoms with Gasteiger partial charge in [-0.25, -0.2) is 0 Å². The summed E-state index contributed by atoms with van der Waals surface area (Å²) in [6.07, 6.45) is 2.55. The molecule has 2 nitrogen and oxygen atoms in total. The zero-order valence-electron chi connectivity index (χ0n) is 11.8. The highest BCUT2D eigenvalue weighted by molar-refractivity contribution is 6.42. The minimum absolute atomic E-state index is 0.326. The van der Waals surface area contributed by atoms with Crippen LogP contribution in [0.5, 0.6) is 0 Å². The van der Waals surface area contributed by atoms with E-state index in [-0.39, 0.29) is 0 Å². The van der Waals surface area contributed by atoms with Gasteiger partial charge in [-0.1, -0.05) is 29.3 Å². The number of rotatable bonds is 4. The van der Waals surface area contributed by atoms with Gasteiger partial charge in [-0.3, -0.25) is 4.90 Å². The van der Waals surface area contributed by atoms with Crippen molar-refractivity contribution in [2.75, 3.05) is 13.6 Å². The fourth-order valence-electron chi connectivity index (χ4n) is 2.77. The molecular formula is C15H22Cl2N2. The SMILES string of the molecule is CC(c1ccc(Cl)c(Cl)c1)N(C)C(C)C1CCCN1. The van der Waals surface area contributed by atoms with Crippen LogP contribution >= 0.6 is 23.2 Å². The molecule has 0 aromatic heterocycles. The van der Waals surface area contributed by atoms with Gasteiger partial charge in [0.2, 0.25) is 0 Å². The van der Waals surface area contributed by atoms with Gasteiger partial charge in [-0.2, -0.15) is 0 Å². The third-order valence-corrected chi connectivity index (χ3v) is 5.10. The molecule has 1 aromatic rings. The molecule has 3 atom stereocenters. The highest BCUT2D eigenvalue weighted by atomic mass is 35.5. The van der Waals surface area contributed by atoms with Gasteiger partial charge in [-0.05, 0) is 58.0 Å². The molecule has 1 saturated heterocycles. The predicted molar refractivity (Wildman–Crippen MR) is 83.1 cm³/mol. The molecule has 0 bridgehead atoms. The number of hydrogen-bond donors (Lipinski definition) is 1. The molecule has 19 heavy (non-hydrogen) atoms. The van der Waals surface area contributed by atoms with E-state index < -0.39 is 0 Å². The minimum Gasteiger partial charge on any atom is -0.312 e. The van der Waals surface area contributed by atoms with Gasteiger partial charge in [-0.15, -0.1) is 0 Å². The van der Waals surface area contributed by atoms with Gasteiger partial charge in [0.1, 0.15) is 0 Å². The molecule has 1 fully saturated rings. The van der Waals surface area contributed by atoms with Crippen molar-refractivity contribution in [3.05, 3.63) is 33.8 Å². The first-order chi connectivity index (χ1) is 9.00. The Balaban J connectivity index is 2.08. The normalized spacial score (nSPS) is 22.7. The Morgan fingerprint density at radius 3 is 2.58 bits per heavy atom. The van der Waals surface area contributed by atoms with Gasteiger partial charge in [0.25, 0.3) is 0 Å². The van der Waals surface area contributed by atoms with Crippen LogP contribution in [-0.2, 0) is 0 Å². The average molecular weight is 301 g/mol. The summed E-state index contributed by atoms with van der Waals surface area (Å²) < 4.78 is 0. The van der Waals surface area contributed by atoms with Crippen molar-refractivity contribution in [3.8, 4) is 0 Å². The predicted octanol–water partition coefficient (Wildman–Crippen LogP) is 4.13. The first-order valence-corrected chi connectivity index (χ1v) is 7.66. The second-order valence-corrected chi connectivity index (χ2v) is 6.27. The topological polar surface area (TPSA) is 15.3 Å². The summed E-state index contributed by atoms with van der Waals surface area (Å²) in [5.41, 5.74) is 1.21. The van der Waals surface area contributed by atoms with Crippen LogP contribution < -0.4 is 5.32 Å². The second-order valence-electron chi connectivity index (χ2n) is 5.46. The Bertz CT molecular complexity index is 430. The second kappa shape index (κ2) is 6.45. The molecule has 2 rings (SSSR count). The van der Waals surface area contributed by atoms with Crippen molar-refractivity contribution < 1.29 is 0 Å². The molecule has 3 unspecified atom stereocenters. The monoisotopic (exact) mass is 300 g/mol. The van der Waals surface area contributed by atoms with E-state index in [1.165, 1.54) is 18.4 Å². The van der Waals surface area contributed by atoms with Gasteiger partial charge in [0.05, 0.1) is 10.0 Å². The number of hydrogen-bond acceptors (Lipinski definition) is 2. The molecule has 1 aliphatic heterocycles. The highest BCUT2D eigenvalue weighted by Crippen LogP contribution is 2.29. The summed E-state index contributed by atoms with van der Waals surface area (Å²) in [5, 5.41) is 4.82. The molecule has 0 amide bonds. The maximum Gasteiger partial charge on any atom is 0.0595 e. The van der Waals surface area contributed by atoms with E-state index in [1.54, 1.807) is 0 Å². The lowest BCUT2D eigenvalue weighted by molar-refractivity contribution is 0.166. The Hall–Kier alpha value is -0.280. The zero-order valence-corrected chi connectivity index (χ0v) is 13.3. The van der Waals surface area contributed by atoms with E-state index in [4.69, 9.17) is 23.2 Å². The van der Waals surface area contributed by atoms with Crippen LogP contribution in [0.1, 0.15) is 38.3 Å². The zero-order chi connectivity index (χ0) is 14.0. The van der Waals surface area contributed by atoms with Gasteiger partial charge >= 0.3 is 0 Å². The van der Waals surface area contributed by atoms with Crippen molar-refractivity contribution in [1.29, 1.82) is 0 Å². The number of likely N-dealkylation sites (N-methyl/N-ethyl adjacent to an activating group) is 1. The van der Waals surface area contributed by atoms with Crippen molar-refractivity contribution in [1.82, 2.24) is 10.2 Å². The van der Waals surface area contributed by atoms with Crippen molar-refractivity contribution in [2.24, 2.45) is 0 Å². The van der Waals surface area contributed by atoms with Crippen molar-refractivity contribution >= 4 is 23.2 Å². The Morgan fingerprint density at radius 2 is 2.00 bits per heavy atom. The van der Waals surface area contributed by atoms with Crippen molar-refractivity contribution in [3.63, 3.8) is 0 Å². The first kappa shape index (κ1) is 15.1. The quantitative estimate of drug-likeness (QED) is 0.899. The summed E-state index contributed by atoms with van der Waals surface area (Å²) in [6, 6.07) is 7.33. The van der Waals surface area contributed by atoms with Gasteiger partial charge in [0.15, 0.2) is 0 Å². The maximum atomic E-state index is 6.11. The highest BCUT2D eigenvalue weighted by Gasteiger charge is 2.27. The van der Waals surface area contributed by atoms with E-state index in [9.17, 15) is 0 Å². The lowest BCUT2D eigenvalue weighted by Gasteiger charge is -2.35. The Morgan fingerprint density at radius 1 is 1.26 bits per heavy atom. The molecule has 1 aliphatic rings. The first-order valence-electron chi connectivity index (χ1n) is 6.91. The van der Waals surface area contributed by atoms with Crippen molar-refractivity contribution in [2.45, 2.75) is 44.8 Å². The third-order valence-electron chi connectivity index (χ3n) is 4.36. The van der Waals surface area contributed by atoms with Crippen LogP contribution in [0.25, 0.3) is 0 Å². The molecule has 0 spiro atoms.